The fourth-order valence-electron chi connectivity index (χ4n) is 3.02. The van der Waals surface area contributed by atoms with Crippen LogP contribution >= 0.6 is 0 Å². The Morgan fingerprint density at radius 2 is 2.00 bits per heavy atom. The van der Waals surface area contributed by atoms with Crippen LogP contribution in [0.25, 0.3) is 0 Å². The van der Waals surface area contributed by atoms with Crippen LogP contribution in [0.2, 0.25) is 0 Å². The van der Waals surface area contributed by atoms with Gasteiger partial charge in [-0.05, 0) is 25.5 Å². The minimum absolute atomic E-state index is 0.0363. The van der Waals surface area contributed by atoms with Gasteiger partial charge in [0.1, 0.15) is 5.82 Å². The second-order valence-corrected chi connectivity index (χ2v) is 6.58. The Morgan fingerprint density at radius 3 is 2.74 bits per heavy atom. The number of aromatic nitrogens is 3. The molecule has 0 saturated heterocycles. The molecule has 2 aromatic rings. The first-order valence-electron chi connectivity index (χ1n) is 8.30. The molecule has 5 nitrogen and oxygen atoms in total. The van der Waals surface area contributed by atoms with Gasteiger partial charge in [0, 0.05) is 43.2 Å². The number of hydrogen-bond acceptors (Lipinski definition) is 4. The highest BCUT2D eigenvalue weighted by atomic mass is 16.1. The Balaban J connectivity index is 1.77. The van der Waals surface area contributed by atoms with Gasteiger partial charge in [-0.15, -0.1) is 0 Å². The van der Waals surface area contributed by atoms with Gasteiger partial charge < -0.3 is 4.98 Å². The number of rotatable bonds is 3. The van der Waals surface area contributed by atoms with Crippen LogP contribution in [0.4, 0.5) is 0 Å². The highest BCUT2D eigenvalue weighted by Gasteiger charge is 2.19. The third kappa shape index (κ3) is 3.67. The number of H-pyrrole nitrogens is 1. The van der Waals surface area contributed by atoms with Crippen LogP contribution in [-0.4, -0.2) is 32.9 Å². The van der Waals surface area contributed by atoms with E-state index in [1.54, 1.807) is 0 Å². The maximum Gasteiger partial charge on any atom is 0.254 e. The minimum atomic E-state index is 0.0363. The number of hydrogen-bond donors (Lipinski definition) is 1. The third-order valence-electron chi connectivity index (χ3n) is 4.34. The molecule has 3 rings (SSSR count). The lowest BCUT2D eigenvalue weighted by Gasteiger charge is -2.19. The molecule has 0 amide bonds. The van der Waals surface area contributed by atoms with Crippen LogP contribution < -0.4 is 5.56 Å². The van der Waals surface area contributed by atoms with E-state index in [4.69, 9.17) is 4.98 Å². The van der Waals surface area contributed by atoms with Crippen LogP contribution in [0.15, 0.2) is 23.0 Å². The SMILES string of the molecule is Cc1cccc(CN2CCc3nc(C(C)C)[nH]c(=O)c3CC2)n1. The lowest BCUT2D eigenvalue weighted by Crippen LogP contribution is -2.26. The molecule has 23 heavy (non-hydrogen) atoms. The molecule has 1 N–H and O–H groups in total. The van der Waals surface area contributed by atoms with Crippen molar-refractivity contribution in [1.82, 2.24) is 19.9 Å². The molecule has 0 aliphatic carbocycles. The largest absolute Gasteiger partial charge is 0.310 e. The van der Waals surface area contributed by atoms with E-state index in [9.17, 15) is 4.79 Å². The van der Waals surface area contributed by atoms with Crippen molar-refractivity contribution >= 4 is 0 Å². The molecule has 0 fully saturated rings. The smallest absolute Gasteiger partial charge is 0.254 e. The zero-order chi connectivity index (χ0) is 16.4. The van der Waals surface area contributed by atoms with Gasteiger partial charge in [-0.25, -0.2) is 4.98 Å². The zero-order valence-electron chi connectivity index (χ0n) is 14.1. The number of nitrogens with zero attached hydrogens (tertiary/aromatic N) is 3. The topological polar surface area (TPSA) is 61.9 Å². The summed E-state index contributed by atoms with van der Waals surface area (Å²) in [5.74, 6) is 1.03. The summed E-state index contributed by atoms with van der Waals surface area (Å²) in [4.78, 5) is 26.9. The van der Waals surface area contributed by atoms with Crippen molar-refractivity contribution in [3.05, 3.63) is 57.0 Å². The standard InChI is InChI=1S/C18H24N4O/c1-12(2)17-20-16-8-10-22(9-7-15(16)18(23)21-17)11-14-6-4-5-13(3)19-14/h4-6,12H,7-11H2,1-3H3,(H,20,21,23). The van der Waals surface area contributed by atoms with Crippen molar-refractivity contribution in [1.29, 1.82) is 0 Å². The van der Waals surface area contributed by atoms with Crippen LogP contribution in [-0.2, 0) is 19.4 Å². The molecule has 5 heteroatoms. The van der Waals surface area contributed by atoms with Crippen molar-refractivity contribution < 1.29 is 0 Å². The quantitative estimate of drug-likeness (QED) is 0.944. The highest BCUT2D eigenvalue weighted by molar-refractivity contribution is 5.21. The van der Waals surface area contributed by atoms with E-state index < -0.39 is 0 Å². The average molecular weight is 312 g/mol. The first-order valence-corrected chi connectivity index (χ1v) is 8.30. The molecule has 3 heterocycles. The molecule has 0 bridgehead atoms. The summed E-state index contributed by atoms with van der Waals surface area (Å²) in [5, 5.41) is 0. The Kier molecular flexibility index (Phi) is 4.57. The van der Waals surface area contributed by atoms with Gasteiger partial charge >= 0.3 is 0 Å². The maximum absolute atomic E-state index is 12.3. The summed E-state index contributed by atoms with van der Waals surface area (Å²) in [5.41, 5.74) is 3.99. The summed E-state index contributed by atoms with van der Waals surface area (Å²) < 4.78 is 0. The zero-order valence-corrected chi connectivity index (χ0v) is 14.1. The number of pyridine rings is 1. The fraction of sp³-hybridized carbons (Fsp3) is 0.500. The first kappa shape index (κ1) is 15.9. The van der Waals surface area contributed by atoms with Crippen molar-refractivity contribution in [3.63, 3.8) is 0 Å². The van der Waals surface area contributed by atoms with E-state index in [1.165, 1.54) is 0 Å². The number of fused-ring (bicyclic) bond motifs is 1. The van der Waals surface area contributed by atoms with E-state index in [2.05, 4.69) is 34.8 Å². The molecule has 122 valence electrons. The van der Waals surface area contributed by atoms with Gasteiger partial charge in [-0.3, -0.25) is 14.7 Å². The van der Waals surface area contributed by atoms with E-state index >= 15 is 0 Å². The molecule has 1 aliphatic heterocycles. The molecular formula is C18H24N4O. The Morgan fingerprint density at radius 1 is 1.22 bits per heavy atom. The predicted molar refractivity (Wildman–Crippen MR) is 90.6 cm³/mol. The van der Waals surface area contributed by atoms with Gasteiger partial charge in [-0.2, -0.15) is 0 Å². The average Bonchev–Trinajstić information content (AvgIpc) is 2.70. The Bertz CT molecular complexity index is 751. The van der Waals surface area contributed by atoms with E-state index in [-0.39, 0.29) is 11.5 Å². The summed E-state index contributed by atoms with van der Waals surface area (Å²) >= 11 is 0. The van der Waals surface area contributed by atoms with Crippen molar-refractivity contribution in [2.45, 2.75) is 46.1 Å². The van der Waals surface area contributed by atoms with E-state index in [0.29, 0.717) is 0 Å². The number of nitrogens with one attached hydrogen (secondary N) is 1. The second kappa shape index (κ2) is 6.62. The highest BCUT2D eigenvalue weighted by Crippen LogP contribution is 2.15. The van der Waals surface area contributed by atoms with Gasteiger partial charge in [-0.1, -0.05) is 19.9 Å². The third-order valence-corrected chi connectivity index (χ3v) is 4.34. The molecule has 1 aliphatic rings. The molecule has 2 aromatic heterocycles. The lowest BCUT2D eigenvalue weighted by molar-refractivity contribution is 0.275. The lowest BCUT2D eigenvalue weighted by atomic mass is 10.1. The number of aryl methyl sites for hydroxylation is 1. The molecular weight excluding hydrogens is 288 g/mol. The Hall–Kier alpha value is -2.01. The van der Waals surface area contributed by atoms with Crippen LogP contribution in [0.1, 0.15) is 48.2 Å². The maximum atomic E-state index is 12.3. The van der Waals surface area contributed by atoms with E-state index in [0.717, 1.165) is 60.9 Å². The summed E-state index contributed by atoms with van der Waals surface area (Å²) in [6, 6.07) is 6.12. The van der Waals surface area contributed by atoms with Gasteiger partial charge in [0.15, 0.2) is 0 Å². The molecule has 0 radical (unpaired) electrons. The van der Waals surface area contributed by atoms with Crippen molar-refractivity contribution in [2.75, 3.05) is 13.1 Å². The van der Waals surface area contributed by atoms with Crippen molar-refractivity contribution in [2.24, 2.45) is 0 Å². The minimum Gasteiger partial charge on any atom is -0.310 e. The van der Waals surface area contributed by atoms with Gasteiger partial charge in [0.25, 0.3) is 5.56 Å². The second-order valence-electron chi connectivity index (χ2n) is 6.58. The molecule has 0 saturated carbocycles. The van der Waals surface area contributed by atoms with E-state index in [1.807, 2.05) is 19.1 Å². The van der Waals surface area contributed by atoms with Crippen LogP contribution in [0.5, 0.6) is 0 Å². The monoisotopic (exact) mass is 312 g/mol. The summed E-state index contributed by atoms with van der Waals surface area (Å²) in [6.07, 6.45) is 1.58. The summed E-state index contributed by atoms with van der Waals surface area (Å²) in [7, 11) is 0. The van der Waals surface area contributed by atoms with Crippen molar-refractivity contribution in [3.8, 4) is 0 Å². The number of aromatic amines is 1. The predicted octanol–water partition coefficient (Wildman–Crippen LogP) is 2.20. The summed E-state index contributed by atoms with van der Waals surface area (Å²) in [6.45, 7) is 8.72. The molecule has 0 unspecified atom stereocenters. The Labute approximate surface area is 136 Å². The first-order chi connectivity index (χ1) is 11.0. The normalized spacial score (nSPS) is 15.5. The van der Waals surface area contributed by atoms with Crippen LogP contribution in [0.3, 0.4) is 0 Å². The van der Waals surface area contributed by atoms with Gasteiger partial charge in [0.2, 0.25) is 0 Å². The molecule has 0 spiro atoms. The fourth-order valence-corrected chi connectivity index (χ4v) is 3.02. The van der Waals surface area contributed by atoms with Crippen LogP contribution in [0, 0.1) is 6.92 Å². The molecule has 0 atom stereocenters. The van der Waals surface area contributed by atoms with Gasteiger partial charge in [0.05, 0.1) is 11.4 Å². The molecule has 0 aromatic carbocycles.